The second-order valence-electron chi connectivity index (χ2n) is 3.95. The van der Waals surface area contributed by atoms with Crippen molar-refractivity contribution >= 4 is 5.91 Å². The number of carbonyl (C=O) groups is 1. The first-order valence-electron chi connectivity index (χ1n) is 5.82. The molecule has 0 aliphatic carbocycles. The van der Waals surface area contributed by atoms with Crippen LogP contribution in [0, 0.1) is 0 Å². The molecule has 1 fully saturated rings. The summed E-state index contributed by atoms with van der Waals surface area (Å²) in [6.07, 6.45) is 5.73. The zero-order valence-corrected chi connectivity index (χ0v) is 9.21. The molecule has 1 unspecified atom stereocenters. The first-order chi connectivity index (χ1) is 7.33. The predicted molar refractivity (Wildman–Crippen MR) is 57.5 cm³/mol. The Hall–Kier alpha value is -0.610. The molecule has 0 saturated carbocycles. The Kier molecular flexibility index (Phi) is 6.36. The van der Waals surface area contributed by atoms with Gasteiger partial charge in [-0.1, -0.05) is 0 Å². The molecule has 0 aromatic carbocycles. The van der Waals surface area contributed by atoms with Gasteiger partial charge < -0.3 is 15.2 Å². The molecule has 1 atom stereocenters. The number of nitrogens with one attached hydrogen (secondary N) is 1. The standard InChI is InChI=1S/C11H21NO3/c13-8-3-7-12-11(14)6-5-10-4-1-2-9-15-10/h10,13H,1-9H2,(H,12,14). The van der Waals surface area contributed by atoms with Gasteiger partial charge in [0.05, 0.1) is 6.10 Å². The molecule has 15 heavy (non-hydrogen) atoms. The van der Waals surface area contributed by atoms with E-state index in [-0.39, 0.29) is 18.6 Å². The Morgan fingerprint density at radius 2 is 2.33 bits per heavy atom. The number of hydrogen-bond acceptors (Lipinski definition) is 3. The minimum atomic E-state index is 0.0672. The monoisotopic (exact) mass is 215 g/mol. The van der Waals surface area contributed by atoms with E-state index in [0.29, 0.717) is 19.4 Å². The van der Waals surface area contributed by atoms with E-state index in [1.807, 2.05) is 0 Å². The number of amides is 1. The van der Waals surface area contributed by atoms with Crippen molar-refractivity contribution in [2.75, 3.05) is 19.8 Å². The highest BCUT2D eigenvalue weighted by Gasteiger charge is 2.14. The Bertz CT molecular complexity index is 179. The zero-order valence-electron chi connectivity index (χ0n) is 9.21. The number of aliphatic hydroxyl groups excluding tert-OH is 1. The molecule has 0 radical (unpaired) electrons. The molecular weight excluding hydrogens is 194 g/mol. The molecule has 0 aromatic heterocycles. The van der Waals surface area contributed by atoms with Crippen LogP contribution in [0.3, 0.4) is 0 Å². The number of carbonyl (C=O) groups excluding carboxylic acids is 1. The van der Waals surface area contributed by atoms with Crippen LogP contribution >= 0.6 is 0 Å². The van der Waals surface area contributed by atoms with Crippen molar-refractivity contribution in [1.82, 2.24) is 5.32 Å². The lowest BCUT2D eigenvalue weighted by atomic mass is 10.0. The van der Waals surface area contributed by atoms with Gasteiger partial charge in [-0.3, -0.25) is 4.79 Å². The van der Waals surface area contributed by atoms with Gasteiger partial charge in [0.25, 0.3) is 0 Å². The molecule has 0 bridgehead atoms. The van der Waals surface area contributed by atoms with Gasteiger partial charge in [-0.25, -0.2) is 0 Å². The number of aliphatic hydroxyl groups is 1. The molecule has 2 N–H and O–H groups in total. The van der Waals surface area contributed by atoms with Crippen molar-refractivity contribution in [3.05, 3.63) is 0 Å². The molecule has 1 rings (SSSR count). The van der Waals surface area contributed by atoms with Gasteiger partial charge in [-0.15, -0.1) is 0 Å². The molecule has 1 aliphatic rings. The number of rotatable bonds is 6. The van der Waals surface area contributed by atoms with E-state index in [1.54, 1.807) is 0 Å². The van der Waals surface area contributed by atoms with Gasteiger partial charge in [0.1, 0.15) is 0 Å². The SMILES string of the molecule is O=C(CCC1CCCCO1)NCCCO. The van der Waals surface area contributed by atoms with Crippen LogP contribution in [0.5, 0.6) is 0 Å². The molecule has 1 saturated heterocycles. The molecular formula is C11H21NO3. The van der Waals surface area contributed by atoms with E-state index < -0.39 is 0 Å². The summed E-state index contributed by atoms with van der Waals surface area (Å²) in [6, 6.07) is 0. The summed E-state index contributed by atoms with van der Waals surface area (Å²) in [5.41, 5.74) is 0. The average molecular weight is 215 g/mol. The Balaban J connectivity index is 2.00. The van der Waals surface area contributed by atoms with Gasteiger partial charge in [0, 0.05) is 26.2 Å². The van der Waals surface area contributed by atoms with Gasteiger partial charge in [0.15, 0.2) is 0 Å². The Morgan fingerprint density at radius 3 is 3.00 bits per heavy atom. The minimum Gasteiger partial charge on any atom is -0.396 e. The normalized spacial score (nSPS) is 21.3. The van der Waals surface area contributed by atoms with Gasteiger partial charge in [-0.05, 0) is 32.1 Å². The minimum absolute atomic E-state index is 0.0672. The van der Waals surface area contributed by atoms with E-state index in [1.165, 1.54) is 6.42 Å². The van der Waals surface area contributed by atoms with E-state index >= 15 is 0 Å². The van der Waals surface area contributed by atoms with Crippen molar-refractivity contribution in [3.63, 3.8) is 0 Å². The fourth-order valence-electron chi connectivity index (χ4n) is 1.72. The fourth-order valence-corrected chi connectivity index (χ4v) is 1.72. The lowest BCUT2D eigenvalue weighted by Crippen LogP contribution is -2.27. The quantitative estimate of drug-likeness (QED) is 0.645. The maximum atomic E-state index is 11.3. The van der Waals surface area contributed by atoms with Gasteiger partial charge in [0.2, 0.25) is 5.91 Å². The largest absolute Gasteiger partial charge is 0.396 e. The lowest BCUT2D eigenvalue weighted by Gasteiger charge is -2.22. The highest BCUT2D eigenvalue weighted by Crippen LogP contribution is 2.16. The highest BCUT2D eigenvalue weighted by atomic mass is 16.5. The van der Waals surface area contributed by atoms with E-state index in [0.717, 1.165) is 25.9 Å². The number of hydrogen-bond donors (Lipinski definition) is 2. The first-order valence-corrected chi connectivity index (χ1v) is 5.82. The van der Waals surface area contributed by atoms with Crippen molar-refractivity contribution < 1.29 is 14.6 Å². The molecule has 88 valence electrons. The average Bonchev–Trinajstić information content (AvgIpc) is 2.28. The van der Waals surface area contributed by atoms with E-state index in [2.05, 4.69) is 5.32 Å². The predicted octanol–water partition coefficient (Wildman–Crippen LogP) is 0.834. The van der Waals surface area contributed by atoms with Crippen molar-refractivity contribution in [1.29, 1.82) is 0 Å². The molecule has 1 amide bonds. The van der Waals surface area contributed by atoms with Crippen LogP contribution in [0.15, 0.2) is 0 Å². The summed E-state index contributed by atoms with van der Waals surface area (Å²) in [5.74, 6) is 0.0672. The van der Waals surface area contributed by atoms with Gasteiger partial charge >= 0.3 is 0 Å². The third kappa shape index (κ3) is 5.74. The van der Waals surface area contributed by atoms with Crippen molar-refractivity contribution in [3.8, 4) is 0 Å². The van der Waals surface area contributed by atoms with Crippen LogP contribution in [0.2, 0.25) is 0 Å². The smallest absolute Gasteiger partial charge is 0.220 e. The van der Waals surface area contributed by atoms with Crippen molar-refractivity contribution in [2.45, 2.75) is 44.6 Å². The maximum absolute atomic E-state index is 11.3. The third-order valence-electron chi connectivity index (χ3n) is 2.62. The maximum Gasteiger partial charge on any atom is 0.220 e. The topological polar surface area (TPSA) is 58.6 Å². The van der Waals surface area contributed by atoms with Crippen LogP contribution in [0.25, 0.3) is 0 Å². The molecule has 4 nitrogen and oxygen atoms in total. The molecule has 1 aliphatic heterocycles. The van der Waals surface area contributed by atoms with Gasteiger partial charge in [-0.2, -0.15) is 0 Å². The van der Waals surface area contributed by atoms with Crippen LogP contribution in [0.4, 0.5) is 0 Å². The van der Waals surface area contributed by atoms with Crippen molar-refractivity contribution in [2.24, 2.45) is 0 Å². The summed E-state index contributed by atoms with van der Waals surface area (Å²) in [6.45, 7) is 1.55. The van der Waals surface area contributed by atoms with E-state index in [4.69, 9.17) is 9.84 Å². The third-order valence-corrected chi connectivity index (χ3v) is 2.62. The molecule has 0 aromatic rings. The number of ether oxygens (including phenoxy) is 1. The fraction of sp³-hybridized carbons (Fsp3) is 0.909. The Morgan fingerprint density at radius 1 is 1.47 bits per heavy atom. The molecule has 4 heteroatoms. The van der Waals surface area contributed by atoms with Crippen LogP contribution in [-0.4, -0.2) is 36.9 Å². The van der Waals surface area contributed by atoms with E-state index in [9.17, 15) is 4.79 Å². The summed E-state index contributed by atoms with van der Waals surface area (Å²) < 4.78 is 5.53. The summed E-state index contributed by atoms with van der Waals surface area (Å²) in [4.78, 5) is 11.3. The highest BCUT2D eigenvalue weighted by molar-refractivity contribution is 5.75. The van der Waals surface area contributed by atoms with Crippen LogP contribution in [0.1, 0.15) is 38.5 Å². The summed E-state index contributed by atoms with van der Waals surface area (Å²) in [7, 11) is 0. The van der Waals surface area contributed by atoms with Crippen LogP contribution < -0.4 is 5.32 Å². The van der Waals surface area contributed by atoms with Crippen LogP contribution in [-0.2, 0) is 9.53 Å². The molecule has 1 heterocycles. The Labute approximate surface area is 91.0 Å². The summed E-state index contributed by atoms with van der Waals surface area (Å²) in [5, 5.41) is 11.3. The molecule has 0 spiro atoms. The lowest BCUT2D eigenvalue weighted by molar-refractivity contribution is -0.122. The second-order valence-corrected chi connectivity index (χ2v) is 3.95. The first kappa shape index (κ1) is 12.5. The zero-order chi connectivity index (χ0) is 10.9. The summed E-state index contributed by atoms with van der Waals surface area (Å²) >= 11 is 0. The second kappa shape index (κ2) is 7.65.